The number of hydrogen-bond acceptors (Lipinski definition) is 5. The summed E-state index contributed by atoms with van der Waals surface area (Å²) in [6, 6.07) is 10.9. The average molecular weight is 485 g/mol. The number of benzene rings is 2. The Morgan fingerprint density at radius 3 is 2.14 bits per heavy atom. The minimum absolute atomic E-state index is 0.0960. The second-order valence-electron chi connectivity index (χ2n) is 10.6. The summed E-state index contributed by atoms with van der Waals surface area (Å²) in [6.45, 7) is 6.03. The van der Waals surface area contributed by atoms with Crippen molar-refractivity contribution >= 4 is 35.1 Å². The van der Waals surface area contributed by atoms with Crippen molar-refractivity contribution in [3.05, 3.63) is 65.2 Å². The van der Waals surface area contributed by atoms with Gasteiger partial charge in [0.1, 0.15) is 5.75 Å². The Hall–Kier alpha value is -3.74. The molecule has 2 bridgehead atoms. The Bertz CT molecular complexity index is 1310. The number of rotatable bonds is 4. The number of imide groups is 1. The lowest BCUT2D eigenvalue weighted by Gasteiger charge is -2.20. The van der Waals surface area contributed by atoms with Gasteiger partial charge in [-0.1, -0.05) is 18.2 Å². The van der Waals surface area contributed by atoms with Crippen molar-refractivity contribution in [3.63, 3.8) is 0 Å². The molecule has 0 N–H and O–H groups in total. The van der Waals surface area contributed by atoms with E-state index in [2.05, 4.69) is 12.2 Å². The van der Waals surface area contributed by atoms with Gasteiger partial charge in [0.05, 0.1) is 23.4 Å². The van der Waals surface area contributed by atoms with E-state index in [1.807, 2.05) is 32.0 Å². The molecule has 7 heteroatoms. The zero-order chi connectivity index (χ0) is 25.3. The maximum absolute atomic E-state index is 13.1. The molecule has 0 spiro atoms. The van der Waals surface area contributed by atoms with Crippen LogP contribution in [0.1, 0.15) is 29.5 Å². The SMILES string of the molecule is Cc1cc(C)cc(N2C[C@H](C(=O)Oc3ccc(N4C(=O)[C@@H]5[C@H](C4=O)[C@H]4C=C[C@H]5C4)c(C)c3)CC2=O)c1. The van der Waals surface area contributed by atoms with Gasteiger partial charge in [0.25, 0.3) is 0 Å². The topological polar surface area (TPSA) is 84.0 Å². The van der Waals surface area contributed by atoms with Crippen LogP contribution in [-0.2, 0) is 19.2 Å². The Morgan fingerprint density at radius 1 is 0.889 bits per heavy atom. The highest BCUT2D eigenvalue weighted by atomic mass is 16.5. The molecule has 5 atom stereocenters. The second kappa shape index (κ2) is 8.15. The molecule has 0 aromatic heterocycles. The molecule has 3 fully saturated rings. The zero-order valence-electron chi connectivity index (χ0n) is 20.6. The highest BCUT2D eigenvalue weighted by Gasteiger charge is 2.59. The van der Waals surface area contributed by atoms with Gasteiger partial charge in [-0.05, 0) is 86.1 Å². The summed E-state index contributed by atoms with van der Waals surface area (Å²) in [7, 11) is 0. The minimum atomic E-state index is -0.567. The molecule has 2 saturated heterocycles. The van der Waals surface area contributed by atoms with Gasteiger partial charge in [0.15, 0.2) is 0 Å². The van der Waals surface area contributed by atoms with Crippen LogP contribution in [0.2, 0.25) is 0 Å². The molecular weight excluding hydrogens is 456 g/mol. The van der Waals surface area contributed by atoms with Crippen molar-refractivity contribution in [2.75, 3.05) is 16.3 Å². The van der Waals surface area contributed by atoms with Crippen LogP contribution in [0.4, 0.5) is 11.4 Å². The number of amides is 3. The first kappa shape index (κ1) is 22.7. The summed E-state index contributed by atoms with van der Waals surface area (Å²) in [5.41, 5.74) is 4.13. The minimum Gasteiger partial charge on any atom is -0.426 e. The molecule has 2 heterocycles. The second-order valence-corrected chi connectivity index (χ2v) is 10.6. The summed E-state index contributed by atoms with van der Waals surface area (Å²) >= 11 is 0. The number of nitrogens with zero attached hydrogens (tertiary/aromatic N) is 2. The maximum Gasteiger partial charge on any atom is 0.316 e. The number of carbonyl (C=O) groups is 4. The Labute approximate surface area is 209 Å². The van der Waals surface area contributed by atoms with E-state index in [9.17, 15) is 19.2 Å². The molecule has 4 aliphatic rings. The summed E-state index contributed by atoms with van der Waals surface area (Å²) < 4.78 is 5.63. The first-order chi connectivity index (χ1) is 17.2. The van der Waals surface area contributed by atoms with Crippen LogP contribution in [0.3, 0.4) is 0 Å². The van der Waals surface area contributed by atoms with E-state index in [0.29, 0.717) is 17.0 Å². The van der Waals surface area contributed by atoms with E-state index < -0.39 is 11.9 Å². The Morgan fingerprint density at radius 2 is 1.53 bits per heavy atom. The molecule has 0 radical (unpaired) electrons. The lowest BCUT2D eigenvalue weighted by Crippen LogP contribution is -2.33. The van der Waals surface area contributed by atoms with Crippen LogP contribution < -0.4 is 14.5 Å². The third-order valence-electron chi connectivity index (χ3n) is 8.07. The Balaban J connectivity index is 1.16. The molecule has 2 aromatic carbocycles. The number of allylic oxidation sites excluding steroid dienone is 2. The summed E-state index contributed by atoms with van der Waals surface area (Å²) in [5.74, 6) is -1.28. The fourth-order valence-electron chi connectivity index (χ4n) is 6.50. The lowest BCUT2D eigenvalue weighted by molar-refractivity contribution is -0.139. The van der Waals surface area contributed by atoms with Crippen molar-refractivity contribution in [2.24, 2.45) is 29.6 Å². The average Bonchev–Trinajstić information content (AvgIpc) is 3.58. The molecule has 6 rings (SSSR count). The number of esters is 1. The Kier molecular flexibility index (Phi) is 5.14. The van der Waals surface area contributed by atoms with E-state index in [-0.39, 0.29) is 54.4 Å². The van der Waals surface area contributed by atoms with Gasteiger partial charge in [-0.15, -0.1) is 0 Å². The van der Waals surface area contributed by atoms with E-state index in [4.69, 9.17) is 4.74 Å². The first-order valence-corrected chi connectivity index (χ1v) is 12.5. The third kappa shape index (κ3) is 3.48. The number of carbonyl (C=O) groups excluding carboxylic acids is 4. The fourth-order valence-corrected chi connectivity index (χ4v) is 6.50. The molecule has 2 aromatic rings. The van der Waals surface area contributed by atoms with Crippen molar-refractivity contribution in [2.45, 2.75) is 33.6 Å². The van der Waals surface area contributed by atoms with Crippen molar-refractivity contribution in [1.29, 1.82) is 0 Å². The van der Waals surface area contributed by atoms with Crippen LogP contribution in [0, 0.1) is 50.4 Å². The summed E-state index contributed by atoms with van der Waals surface area (Å²) in [5, 5.41) is 0. The smallest absolute Gasteiger partial charge is 0.316 e. The number of ether oxygens (including phenoxy) is 1. The summed E-state index contributed by atoms with van der Waals surface area (Å²) in [4.78, 5) is 54.8. The fraction of sp³-hybridized carbons (Fsp3) is 0.379. The van der Waals surface area contributed by atoms with Crippen molar-refractivity contribution in [1.82, 2.24) is 0 Å². The van der Waals surface area contributed by atoms with Crippen LogP contribution in [0.15, 0.2) is 48.6 Å². The molecule has 1 saturated carbocycles. The lowest BCUT2D eigenvalue weighted by atomic mass is 9.85. The molecular formula is C29H28N2O5. The monoisotopic (exact) mass is 484 g/mol. The van der Waals surface area contributed by atoms with Crippen LogP contribution in [0.25, 0.3) is 0 Å². The van der Waals surface area contributed by atoms with Gasteiger partial charge in [-0.2, -0.15) is 0 Å². The van der Waals surface area contributed by atoms with E-state index in [1.165, 1.54) is 4.90 Å². The number of anilines is 2. The van der Waals surface area contributed by atoms with Gasteiger partial charge in [-0.25, -0.2) is 4.90 Å². The highest BCUT2D eigenvalue weighted by molar-refractivity contribution is 6.23. The maximum atomic E-state index is 13.1. The highest BCUT2D eigenvalue weighted by Crippen LogP contribution is 2.53. The standard InChI is InChI=1S/C29H28N2O5/c1-15-8-16(2)10-21(9-15)30-14-20(13-24(30)32)29(35)36-22-6-7-23(17(3)11-22)31-27(33)25-18-4-5-19(12-18)26(25)28(31)34/h4-11,18-20,25-26H,12-14H2,1-3H3/t18-,19-,20+,25-,26+/m0/s1. The van der Waals surface area contributed by atoms with Crippen molar-refractivity contribution < 1.29 is 23.9 Å². The molecule has 2 aliphatic carbocycles. The predicted octanol–water partition coefficient (Wildman–Crippen LogP) is 3.88. The van der Waals surface area contributed by atoms with E-state index >= 15 is 0 Å². The van der Waals surface area contributed by atoms with Gasteiger partial charge in [0, 0.05) is 18.7 Å². The van der Waals surface area contributed by atoms with E-state index in [0.717, 1.165) is 23.2 Å². The number of aryl methyl sites for hydroxylation is 3. The van der Waals surface area contributed by atoms with Gasteiger partial charge >= 0.3 is 5.97 Å². The first-order valence-electron chi connectivity index (χ1n) is 12.5. The van der Waals surface area contributed by atoms with Crippen LogP contribution in [0.5, 0.6) is 5.75 Å². The molecule has 2 aliphatic heterocycles. The largest absolute Gasteiger partial charge is 0.426 e. The quantitative estimate of drug-likeness (QED) is 0.285. The van der Waals surface area contributed by atoms with E-state index in [1.54, 1.807) is 30.0 Å². The zero-order valence-corrected chi connectivity index (χ0v) is 20.6. The van der Waals surface area contributed by atoms with Crippen molar-refractivity contribution in [3.8, 4) is 5.75 Å². The van der Waals surface area contributed by atoms with Gasteiger partial charge in [0.2, 0.25) is 17.7 Å². The molecule has 7 nitrogen and oxygen atoms in total. The third-order valence-corrected chi connectivity index (χ3v) is 8.07. The molecule has 3 amide bonds. The van der Waals surface area contributed by atoms with Crippen LogP contribution in [-0.4, -0.2) is 30.2 Å². The molecule has 0 unspecified atom stereocenters. The van der Waals surface area contributed by atoms with Gasteiger partial charge < -0.3 is 9.64 Å². The molecule has 184 valence electrons. The normalized spacial score (nSPS) is 28.4. The van der Waals surface area contributed by atoms with Gasteiger partial charge in [-0.3, -0.25) is 19.2 Å². The molecule has 36 heavy (non-hydrogen) atoms. The van der Waals surface area contributed by atoms with Crippen LogP contribution >= 0.6 is 0 Å². The number of hydrogen-bond donors (Lipinski definition) is 0. The summed E-state index contributed by atoms with van der Waals surface area (Å²) in [6.07, 6.45) is 5.13. The predicted molar refractivity (Wildman–Crippen MR) is 133 cm³/mol. The number of fused-ring (bicyclic) bond motifs is 5.